The van der Waals surface area contributed by atoms with E-state index in [1.165, 1.54) is 24.3 Å². The first-order valence-electron chi connectivity index (χ1n) is 8.45. The number of amides is 2. The summed E-state index contributed by atoms with van der Waals surface area (Å²) in [5.74, 6) is 2.43. The summed E-state index contributed by atoms with van der Waals surface area (Å²) >= 11 is 1.98. The van der Waals surface area contributed by atoms with E-state index in [-0.39, 0.29) is 23.9 Å². The van der Waals surface area contributed by atoms with Gasteiger partial charge in [0, 0.05) is 12.1 Å². The molecule has 3 fully saturated rings. The third-order valence-corrected chi connectivity index (χ3v) is 6.08. The Morgan fingerprint density at radius 2 is 1.62 bits per heavy atom. The number of nitrogens with zero attached hydrogens (tertiary/aromatic N) is 1. The average molecular weight is 310 g/mol. The highest BCUT2D eigenvalue weighted by Gasteiger charge is 2.42. The topological polar surface area (TPSA) is 49.4 Å². The number of carbonyl (C=O) groups excluding carboxylic acids is 2. The van der Waals surface area contributed by atoms with Crippen LogP contribution in [0, 0.1) is 0 Å². The molecule has 0 aromatic rings. The van der Waals surface area contributed by atoms with E-state index in [0.717, 1.165) is 38.5 Å². The SMILES string of the molecule is O=C1CC(NC2CCSCC2)C(=O)N1C1CCCCCC1. The minimum Gasteiger partial charge on any atom is -0.303 e. The highest BCUT2D eigenvalue weighted by Crippen LogP contribution is 2.27. The molecule has 1 N–H and O–H groups in total. The van der Waals surface area contributed by atoms with Crippen molar-refractivity contribution in [1.29, 1.82) is 0 Å². The molecule has 0 aromatic heterocycles. The lowest BCUT2D eigenvalue weighted by atomic mass is 10.1. The zero-order valence-corrected chi connectivity index (χ0v) is 13.5. The van der Waals surface area contributed by atoms with Crippen molar-refractivity contribution >= 4 is 23.6 Å². The fraction of sp³-hybridized carbons (Fsp3) is 0.875. The van der Waals surface area contributed by atoms with E-state index >= 15 is 0 Å². The number of nitrogens with one attached hydrogen (secondary N) is 1. The monoisotopic (exact) mass is 310 g/mol. The largest absolute Gasteiger partial charge is 0.303 e. The number of hydrogen-bond donors (Lipinski definition) is 1. The van der Waals surface area contributed by atoms with E-state index in [4.69, 9.17) is 0 Å². The smallest absolute Gasteiger partial charge is 0.247 e. The van der Waals surface area contributed by atoms with E-state index < -0.39 is 0 Å². The van der Waals surface area contributed by atoms with Gasteiger partial charge in [-0.15, -0.1) is 0 Å². The number of thioether (sulfide) groups is 1. The van der Waals surface area contributed by atoms with Gasteiger partial charge in [-0.05, 0) is 37.2 Å². The fourth-order valence-corrected chi connectivity index (χ4v) is 4.94. The highest BCUT2D eigenvalue weighted by molar-refractivity contribution is 7.99. The fourth-order valence-electron chi connectivity index (χ4n) is 3.83. The van der Waals surface area contributed by atoms with Crippen molar-refractivity contribution in [3.05, 3.63) is 0 Å². The minimum absolute atomic E-state index is 0.0464. The van der Waals surface area contributed by atoms with Crippen molar-refractivity contribution in [1.82, 2.24) is 10.2 Å². The Labute approximate surface area is 131 Å². The second-order valence-electron chi connectivity index (χ2n) is 6.56. The van der Waals surface area contributed by atoms with Gasteiger partial charge in [-0.25, -0.2) is 0 Å². The Kier molecular flexibility index (Phi) is 5.22. The number of imide groups is 1. The molecule has 1 unspecified atom stereocenters. The summed E-state index contributed by atoms with van der Waals surface area (Å²) in [6, 6.07) is 0.331. The molecule has 3 aliphatic rings. The summed E-state index contributed by atoms with van der Waals surface area (Å²) in [5.41, 5.74) is 0. The van der Waals surface area contributed by atoms with Crippen molar-refractivity contribution in [2.24, 2.45) is 0 Å². The Balaban J connectivity index is 1.61. The molecular formula is C16H26N2O2S. The molecule has 4 nitrogen and oxygen atoms in total. The van der Waals surface area contributed by atoms with Crippen LogP contribution in [0.3, 0.4) is 0 Å². The van der Waals surface area contributed by atoms with Crippen molar-refractivity contribution < 1.29 is 9.59 Å². The summed E-state index contributed by atoms with van der Waals surface area (Å²) in [5, 5.41) is 3.46. The third-order valence-electron chi connectivity index (χ3n) is 5.03. The summed E-state index contributed by atoms with van der Waals surface area (Å²) in [7, 11) is 0. The molecule has 5 heteroatoms. The molecule has 2 amide bonds. The van der Waals surface area contributed by atoms with Crippen LogP contribution >= 0.6 is 11.8 Å². The Morgan fingerprint density at radius 3 is 2.29 bits per heavy atom. The minimum atomic E-state index is -0.256. The van der Waals surface area contributed by atoms with Crippen molar-refractivity contribution in [3.63, 3.8) is 0 Å². The second-order valence-corrected chi connectivity index (χ2v) is 7.78. The summed E-state index contributed by atoms with van der Waals surface area (Å²) < 4.78 is 0. The second kappa shape index (κ2) is 7.14. The molecule has 1 saturated carbocycles. The van der Waals surface area contributed by atoms with Gasteiger partial charge < -0.3 is 5.32 Å². The van der Waals surface area contributed by atoms with Crippen LogP contribution in [-0.4, -0.2) is 46.3 Å². The first kappa shape index (κ1) is 15.3. The zero-order chi connectivity index (χ0) is 14.7. The molecule has 2 aliphatic heterocycles. The lowest BCUT2D eigenvalue weighted by molar-refractivity contribution is -0.141. The molecule has 0 aromatic carbocycles. The lowest BCUT2D eigenvalue weighted by Gasteiger charge is -2.27. The van der Waals surface area contributed by atoms with Crippen molar-refractivity contribution in [2.75, 3.05) is 11.5 Å². The Morgan fingerprint density at radius 1 is 0.952 bits per heavy atom. The average Bonchev–Trinajstić information content (AvgIpc) is 2.70. The van der Waals surface area contributed by atoms with Gasteiger partial charge in [0.15, 0.2) is 0 Å². The van der Waals surface area contributed by atoms with Crippen molar-refractivity contribution in [2.45, 2.75) is 75.9 Å². The molecular weight excluding hydrogens is 284 g/mol. The third kappa shape index (κ3) is 3.62. The number of hydrogen-bond acceptors (Lipinski definition) is 4. The predicted molar refractivity (Wildman–Crippen MR) is 85.2 cm³/mol. The van der Waals surface area contributed by atoms with Crippen LogP contribution in [0.25, 0.3) is 0 Å². The van der Waals surface area contributed by atoms with E-state index in [9.17, 15) is 9.59 Å². The normalized spacial score (nSPS) is 29.9. The Hall–Kier alpha value is -0.550. The maximum Gasteiger partial charge on any atom is 0.247 e. The molecule has 2 saturated heterocycles. The van der Waals surface area contributed by atoms with Gasteiger partial charge in [-0.1, -0.05) is 25.7 Å². The van der Waals surface area contributed by atoms with Crippen LogP contribution in [0.4, 0.5) is 0 Å². The maximum atomic E-state index is 12.6. The van der Waals surface area contributed by atoms with Crippen LogP contribution in [0.1, 0.15) is 57.8 Å². The zero-order valence-electron chi connectivity index (χ0n) is 12.7. The lowest BCUT2D eigenvalue weighted by Crippen LogP contribution is -2.47. The van der Waals surface area contributed by atoms with E-state index in [0.29, 0.717) is 12.5 Å². The van der Waals surface area contributed by atoms with Gasteiger partial charge in [0.05, 0.1) is 12.5 Å². The van der Waals surface area contributed by atoms with Gasteiger partial charge in [-0.3, -0.25) is 14.5 Å². The van der Waals surface area contributed by atoms with Gasteiger partial charge in [0.1, 0.15) is 0 Å². The number of rotatable bonds is 3. The van der Waals surface area contributed by atoms with Crippen molar-refractivity contribution in [3.8, 4) is 0 Å². The van der Waals surface area contributed by atoms with Crippen LogP contribution < -0.4 is 5.32 Å². The van der Waals surface area contributed by atoms with E-state index in [1.807, 2.05) is 11.8 Å². The molecule has 3 rings (SSSR count). The molecule has 0 radical (unpaired) electrons. The number of carbonyl (C=O) groups is 2. The maximum absolute atomic E-state index is 12.6. The van der Waals surface area contributed by atoms with Gasteiger partial charge in [0.25, 0.3) is 0 Å². The summed E-state index contributed by atoms with van der Waals surface area (Å²) in [6.45, 7) is 0. The van der Waals surface area contributed by atoms with Crippen LogP contribution in [0.5, 0.6) is 0 Å². The van der Waals surface area contributed by atoms with E-state index in [1.54, 1.807) is 4.90 Å². The predicted octanol–water partition coefficient (Wildman–Crippen LogP) is 2.32. The Bertz CT molecular complexity index is 388. The quantitative estimate of drug-likeness (QED) is 0.642. The van der Waals surface area contributed by atoms with Crippen LogP contribution in [0.2, 0.25) is 0 Å². The van der Waals surface area contributed by atoms with Crippen LogP contribution in [0.15, 0.2) is 0 Å². The van der Waals surface area contributed by atoms with Gasteiger partial charge in [-0.2, -0.15) is 11.8 Å². The van der Waals surface area contributed by atoms with Gasteiger partial charge in [0.2, 0.25) is 11.8 Å². The molecule has 1 atom stereocenters. The molecule has 0 spiro atoms. The summed E-state index contributed by atoms with van der Waals surface area (Å²) in [6.07, 6.45) is 9.41. The first-order chi connectivity index (χ1) is 10.3. The van der Waals surface area contributed by atoms with E-state index in [2.05, 4.69) is 5.32 Å². The molecule has 0 bridgehead atoms. The standard InChI is InChI=1S/C16H26N2O2S/c19-15-11-14(17-12-7-9-21-10-8-12)16(20)18(15)13-5-3-1-2-4-6-13/h12-14,17H,1-11H2. The molecule has 2 heterocycles. The first-order valence-corrected chi connectivity index (χ1v) is 9.61. The highest BCUT2D eigenvalue weighted by atomic mass is 32.2. The number of likely N-dealkylation sites (tertiary alicyclic amines) is 1. The molecule has 21 heavy (non-hydrogen) atoms. The van der Waals surface area contributed by atoms with Gasteiger partial charge >= 0.3 is 0 Å². The molecule has 118 valence electrons. The summed E-state index contributed by atoms with van der Waals surface area (Å²) in [4.78, 5) is 26.6. The molecule has 1 aliphatic carbocycles. The van der Waals surface area contributed by atoms with Crippen LogP contribution in [-0.2, 0) is 9.59 Å².